The number of piperidine rings is 1. The van der Waals surface area contributed by atoms with E-state index < -0.39 is 50.6 Å². The molecule has 2 heterocycles. The van der Waals surface area contributed by atoms with Crippen LogP contribution in [0.15, 0.2) is 23.0 Å². The second-order valence-corrected chi connectivity index (χ2v) is 7.58. The Labute approximate surface area is 191 Å². The fourth-order valence-corrected chi connectivity index (χ4v) is 4.05. The maximum absolute atomic E-state index is 12.4. The molecule has 1 aromatic carbocycles. The van der Waals surface area contributed by atoms with Crippen molar-refractivity contribution in [2.75, 3.05) is 30.3 Å². The number of carbonyl (C=O) groups is 3. The molecule has 0 spiro atoms. The third-order valence-electron chi connectivity index (χ3n) is 5.59. The van der Waals surface area contributed by atoms with Crippen LogP contribution >= 0.6 is 0 Å². The number of nitro groups is 1. The largest absolute Gasteiger partial charge is 0.478 e. The number of aromatic nitrogens is 1. The van der Waals surface area contributed by atoms with E-state index in [4.69, 9.17) is 10.5 Å². The minimum atomic E-state index is -1.72. The molecule has 13 nitrogen and oxygen atoms in total. The van der Waals surface area contributed by atoms with Crippen LogP contribution in [0.5, 0.6) is 0 Å². The van der Waals surface area contributed by atoms with Crippen molar-refractivity contribution >= 4 is 35.1 Å². The average Bonchev–Trinajstić information content (AvgIpc) is 2.77. The number of pyridine rings is 1. The Morgan fingerprint density at radius 3 is 2.35 bits per heavy atom. The number of ether oxygens (including phenoxy) is 1. The van der Waals surface area contributed by atoms with Gasteiger partial charge in [-0.25, -0.2) is 9.59 Å². The summed E-state index contributed by atoms with van der Waals surface area (Å²) in [5, 5.41) is 30.9. The summed E-state index contributed by atoms with van der Waals surface area (Å²) >= 11 is 0. The number of nitrogens with zero attached hydrogens (tertiary/aromatic N) is 2. The van der Waals surface area contributed by atoms with Crippen molar-refractivity contribution < 1.29 is 34.3 Å². The van der Waals surface area contributed by atoms with E-state index in [1.807, 2.05) is 4.98 Å². The van der Waals surface area contributed by atoms with Crippen molar-refractivity contribution in [3.8, 4) is 11.1 Å². The van der Waals surface area contributed by atoms with E-state index in [2.05, 4.69) is 0 Å². The minimum absolute atomic E-state index is 0.142. The van der Waals surface area contributed by atoms with Crippen molar-refractivity contribution in [1.29, 1.82) is 0 Å². The number of nitro benzene ring substituents is 1. The average molecular weight is 474 g/mol. The second-order valence-electron chi connectivity index (χ2n) is 7.58. The number of hydrogen-bond acceptors (Lipinski definition) is 9. The normalized spacial score (nSPS) is 14.0. The molecule has 34 heavy (non-hydrogen) atoms. The number of esters is 1. The van der Waals surface area contributed by atoms with Gasteiger partial charge < -0.3 is 30.6 Å². The number of H-pyrrole nitrogens is 1. The Kier molecular flexibility index (Phi) is 6.84. The van der Waals surface area contributed by atoms with E-state index in [1.165, 1.54) is 12.1 Å². The van der Waals surface area contributed by atoms with E-state index in [0.29, 0.717) is 25.9 Å². The molecule has 0 saturated carbocycles. The number of hydrogen-bond donors (Lipinski definition) is 4. The lowest BCUT2D eigenvalue weighted by Gasteiger charge is -2.34. The van der Waals surface area contributed by atoms with E-state index in [9.17, 15) is 39.5 Å². The van der Waals surface area contributed by atoms with E-state index in [1.54, 1.807) is 11.8 Å². The molecule has 0 amide bonds. The van der Waals surface area contributed by atoms with Crippen molar-refractivity contribution in [3.05, 3.63) is 49.8 Å². The highest BCUT2D eigenvalue weighted by molar-refractivity contribution is 6.09. The molecule has 180 valence electrons. The van der Waals surface area contributed by atoms with Crippen LogP contribution < -0.4 is 16.2 Å². The standard InChI is InChI=1S/C21H22N4O9/c1-2-34-21(31)10-5-7-24(8-6-10)13-4-3-11(25(32)33)9-12(13)14-15(19(27)28)17(22)23-18(26)16(14)20(29)30/h3-4,9-10H,2,5-8H2,1H3,(H,27,28)(H,29,30)(H3,22,23,26). The number of anilines is 2. The Morgan fingerprint density at radius 1 is 1.21 bits per heavy atom. The van der Waals surface area contributed by atoms with Gasteiger partial charge in [-0.15, -0.1) is 0 Å². The Balaban J connectivity index is 2.22. The molecular weight excluding hydrogens is 452 g/mol. The van der Waals surface area contributed by atoms with Gasteiger partial charge in [0.1, 0.15) is 16.9 Å². The summed E-state index contributed by atoms with van der Waals surface area (Å²) in [7, 11) is 0. The molecule has 1 aliphatic heterocycles. The predicted molar refractivity (Wildman–Crippen MR) is 119 cm³/mol. The van der Waals surface area contributed by atoms with Gasteiger partial charge in [0.25, 0.3) is 11.2 Å². The number of carbonyl (C=O) groups excluding carboxylic acids is 1. The van der Waals surface area contributed by atoms with Gasteiger partial charge in [-0.05, 0) is 25.8 Å². The second kappa shape index (κ2) is 9.60. The Bertz CT molecular complexity index is 1230. The fraction of sp³-hybridized carbons (Fsp3) is 0.333. The molecule has 2 aromatic rings. The van der Waals surface area contributed by atoms with Gasteiger partial charge in [-0.1, -0.05) is 0 Å². The fourth-order valence-electron chi connectivity index (χ4n) is 4.05. The molecule has 3 rings (SSSR count). The molecule has 0 aliphatic carbocycles. The summed E-state index contributed by atoms with van der Waals surface area (Å²) in [6.45, 7) is 2.55. The summed E-state index contributed by atoms with van der Waals surface area (Å²) in [5.74, 6) is -4.62. The number of carboxylic acid groups (broad SMARTS) is 2. The zero-order valence-electron chi connectivity index (χ0n) is 18.1. The van der Waals surface area contributed by atoms with Gasteiger partial charge in [-0.2, -0.15) is 0 Å². The van der Waals surface area contributed by atoms with Gasteiger partial charge in [-0.3, -0.25) is 19.7 Å². The number of non-ortho nitro benzene ring substituents is 1. The van der Waals surface area contributed by atoms with Gasteiger partial charge >= 0.3 is 17.9 Å². The molecule has 5 N–H and O–H groups in total. The quantitative estimate of drug-likeness (QED) is 0.258. The maximum Gasteiger partial charge on any atom is 0.342 e. The number of nitrogen functional groups attached to an aromatic ring is 1. The van der Waals surface area contributed by atoms with Crippen molar-refractivity contribution in [2.24, 2.45) is 5.92 Å². The zero-order valence-corrected chi connectivity index (χ0v) is 18.1. The van der Waals surface area contributed by atoms with Crippen molar-refractivity contribution in [2.45, 2.75) is 19.8 Å². The first kappa shape index (κ1) is 24.2. The number of carboxylic acids is 2. The number of nitrogens with one attached hydrogen (secondary N) is 1. The predicted octanol–water partition coefficient (Wildman–Crippen LogP) is 1.71. The van der Waals surface area contributed by atoms with Crippen LogP contribution in [0.1, 0.15) is 40.5 Å². The summed E-state index contributed by atoms with van der Waals surface area (Å²) in [4.78, 5) is 62.9. The van der Waals surface area contributed by atoms with Crippen LogP contribution in [0, 0.1) is 16.0 Å². The topological polar surface area (TPSA) is 206 Å². The van der Waals surface area contributed by atoms with Crippen LogP contribution in [0.2, 0.25) is 0 Å². The minimum Gasteiger partial charge on any atom is -0.478 e. The van der Waals surface area contributed by atoms with Gasteiger partial charge in [0, 0.05) is 42.0 Å². The van der Waals surface area contributed by atoms with Crippen LogP contribution in [0.3, 0.4) is 0 Å². The highest BCUT2D eigenvalue weighted by atomic mass is 16.6. The van der Waals surface area contributed by atoms with E-state index >= 15 is 0 Å². The first-order valence-corrected chi connectivity index (χ1v) is 10.3. The van der Waals surface area contributed by atoms with Gasteiger partial charge in [0.15, 0.2) is 0 Å². The lowest BCUT2D eigenvalue weighted by Crippen LogP contribution is -2.37. The monoisotopic (exact) mass is 474 g/mol. The van der Waals surface area contributed by atoms with Crippen LogP contribution in [0.4, 0.5) is 17.2 Å². The van der Waals surface area contributed by atoms with Gasteiger partial charge in [0.05, 0.1) is 17.4 Å². The van der Waals surface area contributed by atoms with Crippen LogP contribution in [-0.4, -0.2) is 57.7 Å². The molecule has 0 bridgehead atoms. The summed E-state index contributed by atoms with van der Waals surface area (Å²) in [6, 6.07) is 3.56. The van der Waals surface area contributed by atoms with E-state index in [0.717, 1.165) is 6.07 Å². The highest BCUT2D eigenvalue weighted by Gasteiger charge is 2.32. The molecule has 13 heteroatoms. The van der Waals surface area contributed by atoms with Crippen LogP contribution in [-0.2, 0) is 9.53 Å². The first-order chi connectivity index (χ1) is 16.1. The molecule has 0 unspecified atom stereocenters. The molecule has 1 fully saturated rings. The number of aromatic amines is 1. The van der Waals surface area contributed by atoms with Crippen molar-refractivity contribution in [1.82, 2.24) is 4.98 Å². The maximum atomic E-state index is 12.4. The smallest absolute Gasteiger partial charge is 0.342 e. The lowest BCUT2D eigenvalue weighted by molar-refractivity contribution is -0.384. The number of nitrogens with two attached hydrogens (primary N) is 1. The molecule has 0 radical (unpaired) electrons. The van der Waals surface area contributed by atoms with E-state index in [-0.39, 0.29) is 29.7 Å². The zero-order chi connectivity index (χ0) is 25.2. The lowest BCUT2D eigenvalue weighted by atomic mass is 9.91. The number of rotatable bonds is 7. The van der Waals surface area contributed by atoms with Crippen molar-refractivity contribution in [3.63, 3.8) is 0 Å². The summed E-state index contributed by atoms with van der Waals surface area (Å²) < 4.78 is 5.05. The molecule has 1 aromatic heterocycles. The summed E-state index contributed by atoms with van der Waals surface area (Å²) in [5.41, 5.74) is 2.11. The summed E-state index contributed by atoms with van der Waals surface area (Å²) in [6.07, 6.45) is 0.786. The number of aromatic carboxylic acids is 2. The third kappa shape index (κ3) is 4.53. The van der Waals surface area contributed by atoms with Crippen LogP contribution in [0.25, 0.3) is 11.1 Å². The molecular formula is C21H22N4O9. The molecule has 1 aliphatic rings. The first-order valence-electron chi connectivity index (χ1n) is 10.3. The highest BCUT2D eigenvalue weighted by Crippen LogP contribution is 2.40. The molecule has 1 saturated heterocycles. The molecule has 0 atom stereocenters. The van der Waals surface area contributed by atoms with Gasteiger partial charge in [0.2, 0.25) is 0 Å². The number of benzene rings is 1. The Hall–Kier alpha value is -4.42. The third-order valence-corrected chi connectivity index (χ3v) is 5.59. The SMILES string of the molecule is CCOC(=O)C1CCN(c2ccc([N+](=O)[O-])cc2-c2c(C(=O)O)c(N)[nH]c(=O)c2C(=O)O)CC1. The Morgan fingerprint density at radius 2 is 1.82 bits per heavy atom.